The summed E-state index contributed by atoms with van der Waals surface area (Å²) in [7, 11) is 0. The van der Waals surface area contributed by atoms with E-state index in [0.29, 0.717) is 6.04 Å². The molecule has 0 spiro atoms. The molecule has 1 aromatic rings. The first-order chi connectivity index (χ1) is 9.29. The lowest BCUT2D eigenvalue weighted by molar-refractivity contribution is 0.220. The van der Waals surface area contributed by atoms with Gasteiger partial charge in [-0.05, 0) is 30.9 Å². The molecule has 0 radical (unpaired) electrons. The van der Waals surface area contributed by atoms with E-state index < -0.39 is 0 Å². The van der Waals surface area contributed by atoms with E-state index in [4.69, 9.17) is 4.74 Å². The molecule has 0 bridgehead atoms. The van der Waals surface area contributed by atoms with Gasteiger partial charge in [-0.25, -0.2) is 4.79 Å². The molecule has 4 nitrogen and oxygen atoms in total. The van der Waals surface area contributed by atoms with Crippen LogP contribution in [0.4, 0.5) is 4.79 Å². The Hall–Kier alpha value is -1.71. The van der Waals surface area contributed by atoms with Crippen molar-refractivity contribution >= 4 is 6.03 Å². The zero-order chi connectivity index (χ0) is 13.5. The molecule has 0 atom stereocenters. The molecule has 19 heavy (non-hydrogen) atoms. The third-order valence-electron chi connectivity index (χ3n) is 3.50. The summed E-state index contributed by atoms with van der Waals surface area (Å²) < 4.78 is 5.59. The highest BCUT2D eigenvalue weighted by molar-refractivity contribution is 5.74. The van der Waals surface area contributed by atoms with Crippen molar-refractivity contribution in [3.05, 3.63) is 29.8 Å². The molecule has 2 rings (SSSR count). The second-order valence-electron chi connectivity index (χ2n) is 4.88. The number of carbonyl (C=O) groups excluding carboxylic acids is 1. The van der Waals surface area contributed by atoms with Gasteiger partial charge in [0, 0.05) is 6.04 Å². The van der Waals surface area contributed by atoms with E-state index in [9.17, 15) is 4.79 Å². The van der Waals surface area contributed by atoms with Crippen LogP contribution in [-0.2, 0) is 6.42 Å². The normalized spacial score (nSPS) is 15.2. The molecule has 1 saturated carbocycles. The highest BCUT2D eigenvalue weighted by Gasteiger charge is 2.16. The van der Waals surface area contributed by atoms with Crippen LogP contribution in [0.2, 0.25) is 0 Å². The topological polar surface area (TPSA) is 50.4 Å². The summed E-state index contributed by atoms with van der Waals surface area (Å²) in [6.07, 6.45) is 5.53. The first-order valence-corrected chi connectivity index (χ1v) is 7.04. The Balaban J connectivity index is 1.72. The summed E-state index contributed by atoms with van der Waals surface area (Å²) in [4.78, 5) is 11.6. The van der Waals surface area contributed by atoms with Gasteiger partial charge in [-0.1, -0.05) is 38.0 Å². The van der Waals surface area contributed by atoms with E-state index in [0.717, 1.165) is 30.6 Å². The molecule has 2 amide bonds. The standard InChI is InChI=1S/C15H22N2O2/c1-2-12-7-3-6-10-14(12)19-11-16-15(18)17-13-8-4-5-9-13/h3,6-7,10,13H,2,4-5,8-9,11H2,1H3,(H2,16,17,18). The smallest absolute Gasteiger partial charge is 0.317 e. The number of aryl methyl sites for hydroxylation is 1. The van der Waals surface area contributed by atoms with Crippen molar-refractivity contribution in [1.29, 1.82) is 0 Å². The van der Waals surface area contributed by atoms with E-state index in [-0.39, 0.29) is 12.8 Å². The molecule has 1 aromatic carbocycles. The van der Waals surface area contributed by atoms with Crippen LogP contribution in [-0.4, -0.2) is 18.8 Å². The van der Waals surface area contributed by atoms with E-state index in [2.05, 4.69) is 17.6 Å². The van der Waals surface area contributed by atoms with Gasteiger partial charge in [0.05, 0.1) is 0 Å². The lowest BCUT2D eigenvalue weighted by atomic mass is 10.1. The van der Waals surface area contributed by atoms with Crippen molar-refractivity contribution in [2.75, 3.05) is 6.73 Å². The molecule has 0 unspecified atom stereocenters. The number of hydrogen-bond donors (Lipinski definition) is 2. The van der Waals surface area contributed by atoms with Gasteiger partial charge in [0.2, 0.25) is 0 Å². The van der Waals surface area contributed by atoms with Gasteiger partial charge < -0.3 is 15.4 Å². The maximum absolute atomic E-state index is 11.6. The van der Waals surface area contributed by atoms with Crippen molar-refractivity contribution in [2.45, 2.75) is 45.1 Å². The van der Waals surface area contributed by atoms with Crippen molar-refractivity contribution in [3.8, 4) is 5.75 Å². The zero-order valence-electron chi connectivity index (χ0n) is 11.4. The molecule has 0 saturated heterocycles. The van der Waals surface area contributed by atoms with E-state index >= 15 is 0 Å². The summed E-state index contributed by atoms with van der Waals surface area (Å²) in [6.45, 7) is 2.29. The Bertz CT molecular complexity index is 414. The van der Waals surface area contributed by atoms with Gasteiger partial charge >= 0.3 is 6.03 Å². The quantitative estimate of drug-likeness (QED) is 0.802. The number of para-hydroxylation sites is 1. The second kappa shape index (κ2) is 7.02. The van der Waals surface area contributed by atoms with Crippen LogP contribution in [0.25, 0.3) is 0 Å². The molecule has 0 heterocycles. The molecular formula is C15H22N2O2. The summed E-state index contributed by atoms with van der Waals surface area (Å²) in [6, 6.07) is 8.09. The van der Waals surface area contributed by atoms with Crippen LogP contribution < -0.4 is 15.4 Å². The predicted octanol–water partition coefficient (Wildman–Crippen LogP) is 2.83. The summed E-state index contributed by atoms with van der Waals surface area (Å²) in [5.74, 6) is 0.839. The largest absolute Gasteiger partial charge is 0.473 e. The molecule has 0 aromatic heterocycles. The Labute approximate surface area is 114 Å². The fourth-order valence-corrected chi connectivity index (χ4v) is 2.42. The lowest BCUT2D eigenvalue weighted by Crippen LogP contribution is -2.42. The SMILES string of the molecule is CCc1ccccc1OCNC(=O)NC1CCCC1. The monoisotopic (exact) mass is 262 g/mol. The van der Waals surface area contributed by atoms with Crippen molar-refractivity contribution < 1.29 is 9.53 Å². The molecule has 0 aliphatic heterocycles. The number of urea groups is 1. The van der Waals surface area contributed by atoms with E-state index in [1.165, 1.54) is 12.8 Å². The van der Waals surface area contributed by atoms with Crippen LogP contribution in [0, 0.1) is 0 Å². The van der Waals surface area contributed by atoms with Crippen LogP contribution in [0.1, 0.15) is 38.2 Å². The van der Waals surface area contributed by atoms with Crippen molar-refractivity contribution in [2.24, 2.45) is 0 Å². The number of benzene rings is 1. The van der Waals surface area contributed by atoms with Gasteiger partial charge in [-0.2, -0.15) is 0 Å². The molecule has 1 aliphatic carbocycles. The van der Waals surface area contributed by atoms with Crippen molar-refractivity contribution in [3.63, 3.8) is 0 Å². The molecule has 2 N–H and O–H groups in total. The first-order valence-electron chi connectivity index (χ1n) is 7.04. The summed E-state index contributed by atoms with van der Waals surface area (Å²) in [5, 5.41) is 5.70. The van der Waals surface area contributed by atoms with Gasteiger partial charge in [-0.15, -0.1) is 0 Å². The minimum atomic E-state index is -0.138. The van der Waals surface area contributed by atoms with Crippen LogP contribution in [0.15, 0.2) is 24.3 Å². The highest BCUT2D eigenvalue weighted by Crippen LogP contribution is 2.18. The molecule has 4 heteroatoms. The Morgan fingerprint density at radius 1 is 1.32 bits per heavy atom. The molecule has 1 aliphatic rings. The number of hydrogen-bond acceptors (Lipinski definition) is 2. The first kappa shape index (κ1) is 13.7. The van der Waals surface area contributed by atoms with Crippen LogP contribution >= 0.6 is 0 Å². The van der Waals surface area contributed by atoms with Gasteiger partial charge in [0.1, 0.15) is 5.75 Å². The number of ether oxygens (including phenoxy) is 1. The van der Waals surface area contributed by atoms with Gasteiger partial charge in [0.25, 0.3) is 0 Å². The van der Waals surface area contributed by atoms with Crippen LogP contribution in [0.5, 0.6) is 5.75 Å². The third kappa shape index (κ3) is 4.16. The van der Waals surface area contributed by atoms with Crippen molar-refractivity contribution in [1.82, 2.24) is 10.6 Å². The summed E-state index contributed by atoms with van der Waals surface area (Å²) in [5.41, 5.74) is 1.15. The molecular weight excluding hydrogens is 240 g/mol. The maximum Gasteiger partial charge on any atom is 0.317 e. The molecule has 104 valence electrons. The molecule has 1 fully saturated rings. The van der Waals surface area contributed by atoms with Crippen LogP contribution in [0.3, 0.4) is 0 Å². The predicted molar refractivity (Wildman–Crippen MR) is 75.2 cm³/mol. The number of rotatable bonds is 5. The third-order valence-corrected chi connectivity index (χ3v) is 3.50. The van der Waals surface area contributed by atoms with Gasteiger partial charge in [0.15, 0.2) is 6.73 Å². The number of nitrogens with one attached hydrogen (secondary N) is 2. The number of amides is 2. The maximum atomic E-state index is 11.6. The number of carbonyl (C=O) groups is 1. The average Bonchev–Trinajstić information content (AvgIpc) is 2.92. The minimum absolute atomic E-state index is 0.138. The lowest BCUT2D eigenvalue weighted by Gasteiger charge is -2.14. The van der Waals surface area contributed by atoms with E-state index in [1.54, 1.807) is 0 Å². The van der Waals surface area contributed by atoms with Gasteiger partial charge in [-0.3, -0.25) is 0 Å². The zero-order valence-corrected chi connectivity index (χ0v) is 11.4. The Morgan fingerprint density at radius 2 is 2.05 bits per heavy atom. The second-order valence-corrected chi connectivity index (χ2v) is 4.88. The minimum Gasteiger partial charge on any atom is -0.473 e. The summed E-state index contributed by atoms with van der Waals surface area (Å²) >= 11 is 0. The highest BCUT2D eigenvalue weighted by atomic mass is 16.5. The average molecular weight is 262 g/mol. The Morgan fingerprint density at radius 3 is 2.79 bits per heavy atom. The fourth-order valence-electron chi connectivity index (χ4n) is 2.42. The Kier molecular flexibility index (Phi) is 5.07. The fraction of sp³-hybridized carbons (Fsp3) is 0.533. The van der Waals surface area contributed by atoms with E-state index in [1.807, 2.05) is 24.3 Å².